The second kappa shape index (κ2) is 6.19. The van der Waals surface area contributed by atoms with Gasteiger partial charge in [0, 0.05) is 48.8 Å². The fourth-order valence-corrected chi connectivity index (χ4v) is 4.09. The van der Waals surface area contributed by atoms with Crippen molar-refractivity contribution in [1.29, 1.82) is 0 Å². The molecule has 130 valence electrons. The topological polar surface area (TPSA) is 93.7 Å². The Bertz CT molecular complexity index is 867. The van der Waals surface area contributed by atoms with E-state index in [4.69, 9.17) is 0 Å². The van der Waals surface area contributed by atoms with Crippen LogP contribution in [0.3, 0.4) is 0 Å². The summed E-state index contributed by atoms with van der Waals surface area (Å²) in [5, 5.41) is 10.7. The van der Waals surface area contributed by atoms with Gasteiger partial charge in [0.15, 0.2) is 0 Å². The minimum Gasteiger partial charge on any atom is -0.480 e. The van der Waals surface area contributed by atoms with E-state index in [0.717, 1.165) is 16.5 Å². The lowest BCUT2D eigenvalue weighted by atomic mass is 10.0. The molecule has 1 saturated heterocycles. The summed E-state index contributed by atoms with van der Waals surface area (Å²) in [5.74, 6) is -0.926. The van der Waals surface area contributed by atoms with E-state index in [1.807, 2.05) is 30.0 Å². The van der Waals surface area contributed by atoms with Gasteiger partial charge in [-0.15, -0.1) is 0 Å². The third-order valence-corrected chi connectivity index (χ3v) is 5.81. The Balaban J connectivity index is 1.91. The molecule has 24 heavy (non-hydrogen) atoms. The lowest BCUT2D eigenvalue weighted by Crippen LogP contribution is -2.50. The van der Waals surface area contributed by atoms with Crippen molar-refractivity contribution in [2.24, 2.45) is 0 Å². The third kappa shape index (κ3) is 3.17. The van der Waals surface area contributed by atoms with Crippen molar-refractivity contribution in [2.75, 3.05) is 32.4 Å². The van der Waals surface area contributed by atoms with Gasteiger partial charge in [-0.3, -0.25) is 9.69 Å². The van der Waals surface area contributed by atoms with Crippen molar-refractivity contribution in [1.82, 2.24) is 14.2 Å². The molecule has 7 nitrogen and oxygen atoms in total. The molecule has 2 aromatic rings. The van der Waals surface area contributed by atoms with Gasteiger partial charge in [0.2, 0.25) is 10.0 Å². The Hall–Kier alpha value is -1.90. The third-order valence-electron chi connectivity index (χ3n) is 4.51. The fourth-order valence-electron chi connectivity index (χ4n) is 3.26. The normalized spacial score (nSPS) is 18.8. The highest BCUT2D eigenvalue weighted by Gasteiger charge is 2.33. The number of sulfonamides is 1. The molecule has 8 heteroatoms. The van der Waals surface area contributed by atoms with Crippen molar-refractivity contribution in [2.45, 2.75) is 13.0 Å². The van der Waals surface area contributed by atoms with Crippen LogP contribution in [0.4, 0.5) is 0 Å². The molecule has 1 fully saturated rings. The zero-order valence-corrected chi connectivity index (χ0v) is 14.5. The Labute approximate surface area is 140 Å². The zero-order chi connectivity index (χ0) is 17.5. The van der Waals surface area contributed by atoms with Crippen molar-refractivity contribution >= 4 is 26.9 Å². The molecule has 1 aromatic carbocycles. The minimum atomic E-state index is -3.24. The van der Waals surface area contributed by atoms with Gasteiger partial charge in [0.05, 0.1) is 6.26 Å². The quantitative estimate of drug-likeness (QED) is 0.863. The molecule has 1 aliphatic heterocycles. The highest BCUT2D eigenvalue weighted by Crippen LogP contribution is 2.30. The van der Waals surface area contributed by atoms with Crippen molar-refractivity contribution in [3.63, 3.8) is 0 Å². The minimum absolute atomic E-state index is 0.310. The van der Waals surface area contributed by atoms with Gasteiger partial charge >= 0.3 is 5.97 Å². The van der Waals surface area contributed by atoms with Crippen molar-refractivity contribution in [3.05, 3.63) is 35.5 Å². The van der Waals surface area contributed by atoms with E-state index in [9.17, 15) is 18.3 Å². The Morgan fingerprint density at radius 2 is 1.92 bits per heavy atom. The summed E-state index contributed by atoms with van der Waals surface area (Å²) in [5.41, 5.74) is 2.68. The Kier molecular flexibility index (Phi) is 4.37. The first-order valence-electron chi connectivity index (χ1n) is 7.77. The molecule has 0 amide bonds. The maximum absolute atomic E-state index is 11.9. The van der Waals surface area contributed by atoms with Crippen LogP contribution in [0.25, 0.3) is 10.9 Å². The largest absolute Gasteiger partial charge is 0.480 e. The van der Waals surface area contributed by atoms with Gasteiger partial charge in [0.1, 0.15) is 6.04 Å². The highest BCUT2D eigenvalue weighted by molar-refractivity contribution is 7.88. The van der Waals surface area contributed by atoms with E-state index in [0.29, 0.717) is 31.7 Å². The molecule has 2 heterocycles. The molecule has 0 saturated carbocycles. The summed E-state index contributed by atoms with van der Waals surface area (Å²) in [7, 11) is -3.24. The monoisotopic (exact) mass is 351 g/mol. The van der Waals surface area contributed by atoms with E-state index in [1.165, 1.54) is 10.6 Å². The van der Waals surface area contributed by atoms with E-state index >= 15 is 0 Å². The molecule has 2 N–H and O–H groups in total. The number of carboxylic acids is 1. The zero-order valence-electron chi connectivity index (χ0n) is 13.7. The molecular formula is C16H21N3O4S. The summed E-state index contributed by atoms with van der Waals surface area (Å²) in [4.78, 5) is 16.9. The van der Waals surface area contributed by atoms with Crippen LogP contribution in [-0.2, 0) is 14.8 Å². The fraction of sp³-hybridized carbons (Fsp3) is 0.438. The number of nitrogens with zero attached hydrogens (tertiary/aromatic N) is 2. The average Bonchev–Trinajstić information content (AvgIpc) is 2.90. The number of H-pyrrole nitrogens is 1. The molecular weight excluding hydrogens is 330 g/mol. The first-order chi connectivity index (χ1) is 11.3. The number of carbonyl (C=O) groups is 1. The molecule has 3 rings (SSSR count). The van der Waals surface area contributed by atoms with E-state index < -0.39 is 22.0 Å². The average molecular weight is 351 g/mol. The van der Waals surface area contributed by atoms with E-state index in [2.05, 4.69) is 4.98 Å². The van der Waals surface area contributed by atoms with Crippen LogP contribution < -0.4 is 0 Å². The number of nitrogens with one attached hydrogen (secondary N) is 1. The predicted octanol–water partition coefficient (Wildman–Crippen LogP) is 1.18. The van der Waals surface area contributed by atoms with Crippen LogP contribution in [0.1, 0.15) is 17.2 Å². The maximum Gasteiger partial charge on any atom is 0.325 e. The van der Waals surface area contributed by atoms with Crippen LogP contribution in [0, 0.1) is 6.92 Å². The number of hydrogen-bond donors (Lipinski definition) is 2. The number of aromatic nitrogens is 1. The van der Waals surface area contributed by atoms with Gasteiger partial charge in [-0.25, -0.2) is 8.42 Å². The van der Waals surface area contributed by atoms with Gasteiger partial charge < -0.3 is 10.1 Å². The number of fused-ring (bicyclic) bond motifs is 1. The van der Waals surface area contributed by atoms with Crippen LogP contribution in [0.5, 0.6) is 0 Å². The first kappa shape index (κ1) is 16.9. The Morgan fingerprint density at radius 3 is 2.50 bits per heavy atom. The maximum atomic E-state index is 11.9. The summed E-state index contributed by atoms with van der Waals surface area (Å²) in [6, 6.07) is 5.10. The molecule has 1 unspecified atom stereocenters. The summed E-state index contributed by atoms with van der Waals surface area (Å²) in [6.07, 6.45) is 2.92. The standard InChI is InChI=1S/C16H21N3O4S/c1-11-3-4-14-12(9-11)13(10-17-14)15(16(20)21)18-5-7-19(8-6-18)24(2,22)23/h3-4,9-10,15,17H,5-8H2,1-2H3,(H,20,21). The summed E-state index contributed by atoms with van der Waals surface area (Å²) in [6.45, 7) is 3.37. The number of aromatic amines is 1. The number of aliphatic carboxylic acids is 1. The van der Waals surface area contributed by atoms with Gasteiger partial charge in [-0.05, 0) is 19.1 Å². The van der Waals surface area contributed by atoms with Gasteiger partial charge in [-0.1, -0.05) is 11.6 Å². The number of benzene rings is 1. The number of aryl methyl sites for hydroxylation is 1. The highest BCUT2D eigenvalue weighted by atomic mass is 32.2. The number of hydrogen-bond acceptors (Lipinski definition) is 4. The van der Waals surface area contributed by atoms with Gasteiger partial charge in [-0.2, -0.15) is 4.31 Å². The second-order valence-electron chi connectivity index (χ2n) is 6.23. The molecule has 1 aliphatic rings. The molecule has 0 radical (unpaired) electrons. The predicted molar refractivity (Wildman–Crippen MR) is 91.4 cm³/mol. The van der Waals surface area contributed by atoms with E-state index in [1.54, 1.807) is 6.20 Å². The number of carboxylic acid groups (broad SMARTS) is 1. The summed E-state index contributed by atoms with van der Waals surface area (Å²) >= 11 is 0. The summed E-state index contributed by atoms with van der Waals surface area (Å²) < 4.78 is 24.6. The lowest BCUT2D eigenvalue weighted by molar-refractivity contribution is -0.144. The Morgan fingerprint density at radius 1 is 1.25 bits per heavy atom. The molecule has 0 bridgehead atoms. The van der Waals surface area contributed by atoms with Crippen LogP contribution in [-0.4, -0.2) is 66.1 Å². The molecule has 0 aliphatic carbocycles. The number of piperazine rings is 1. The van der Waals surface area contributed by atoms with Crippen molar-refractivity contribution < 1.29 is 18.3 Å². The first-order valence-corrected chi connectivity index (χ1v) is 9.62. The lowest BCUT2D eigenvalue weighted by Gasteiger charge is -2.36. The second-order valence-corrected chi connectivity index (χ2v) is 8.21. The van der Waals surface area contributed by atoms with Crippen LogP contribution >= 0.6 is 0 Å². The van der Waals surface area contributed by atoms with Crippen molar-refractivity contribution in [3.8, 4) is 0 Å². The van der Waals surface area contributed by atoms with Crippen LogP contribution in [0.15, 0.2) is 24.4 Å². The SMILES string of the molecule is Cc1ccc2[nH]cc(C(C(=O)O)N3CCN(S(C)(=O)=O)CC3)c2c1. The molecule has 1 aromatic heterocycles. The number of rotatable bonds is 4. The van der Waals surface area contributed by atoms with Gasteiger partial charge in [0.25, 0.3) is 0 Å². The van der Waals surface area contributed by atoms with E-state index in [-0.39, 0.29) is 0 Å². The van der Waals surface area contributed by atoms with Crippen LogP contribution in [0.2, 0.25) is 0 Å². The molecule has 0 spiro atoms. The smallest absolute Gasteiger partial charge is 0.325 e. The molecule has 1 atom stereocenters.